The first-order chi connectivity index (χ1) is 23.9. The lowest BCUT2D eigenvalue weighted by Crippen LogP contribution is -2.29. The molecule has 15 heteroatoms. The second-order valence-electron chi connectivity index (χ2n) is 11.2. The molecule has 1 aliphatic heterocycles. The standard InChI is InChI=1S/C34H49ClN6O7S/c1-24-25(2)49-34-31(24)32(27-5-7-28(35)8-6-27)38-29(33-40-39-26(3)41(33)34)23-30(42)37-10-12-44-14-16-46-18-20-48-22-21-47-19-17-45-15-13-43-11-9-36-4/h5-8,29,36H,9-23H2,1-4H3,(H,37,42). The van der Waals surface area contributed by atoms with Crippen molar-refractivity contribution in [3.05, 3.63) is 62.5 Å². The van der Waals surface area contributed by atoms with Gasteiger partial charge in [-0.3, -0.25) is 14.4 Å². The lowest BCUT2D eigenvalue weighted by molar-refractivity contribution is -0.121. The van der Waals surface area contributed by atoms with Crippen molar-refractivity contribution in [1.29, 1.82) is 0 Å². The number of fused-ring (bicyclic) bond motifs is 3. The van der Waals surface area contributed by atoms with Crippen molar-refractivity contribution in [2.24, 2.45) is 4.99 Å². The lowest BCUT2D eigenvalue weighted by atomic mass is 9.99. The minimum absolute atomic E-state index is 0.122. The van der Waals surface area contributed by atoms with Gasteiger partial charge in [0.25, 0.3) is 0 Å². The van der Waals surface area contributed by atoms with E-state index in [-0.39, 0.29) is 12.3 Å². The zero-order valence-electron chi connectivity index (χ0n) is 28.9. The number of aromatic nitrogens is 3. The number of halogens is 1. The zero-order valence-corrected chi connectivity index (χ0v) is 30.5. The normalized spacial score (nSPS) is 14.0. The van der Waals surface area contributed by atoms with Gasteiger partial charge in [0.15, 0.2) is 5.82 Å². The van der Waals surface area contributed by atoms with Crippen LogP contribution in [0.2, 0.25) is 5.02 Å². The number of aliphatic imine (C=N–C) groups is 1. The first kappa shape index (κ1) is 39.0. The number of carbonyl (C=O) groups is 1. The van der Waals surface area contributed by atoms with Crippen molar-refractivity contribution >= 4 is 34.6 Å². The maximum Gasteiger partial charge on any atom is 0.222 e. The molecule has 2 aromatic heterocycles. The van der Waals surface area contributed by atoms with Crippen LogP contribution in [0.4, 0.5) is 0 Å². The number of likely N-dealkylation sites (N-methyl/N-ethyl adjacent to an activating group) is 1. The first-order valence-electron chi connectivity index (χ1n) is 16.6. The molecular formula is C34H49ClN6O7S. The Kier molecular flexibility index (Phi) is 17.1. The molecule has 2 N–H and O–H groups in total. The molecule has 1 unspecified atom stereocenters. The van der Waals surface area contributed by atoms with Crippen LogP contribution in [0.3, 0.4) is 0 Å². The van der Waals surface area contributed by atoms with Gasteiger partial charge in [-0.2, -0.15) is 0 Å². The van der Waals surface area contributed by atoms with Gasteiger partial charge in [-0.05, 0) is 45.5 Å². The second-order valence-corrected chi connectivity index (χ2v) is 12.9. The molecule has 49 heavy (non-hydrogen) atoms. The smallest absolute Gasteiger partial charge is 0.222 e. The summed E-state index contributed by atoms with van der Waals surface area (Å²) in [5.74, 6) is 1.25. The monoisotopic (exact) mass is 720 g/mol. The summed E-state index contributed by atoms with van der Waals surface area (Å²) in [5, 5.41) is 16.5. The number of aryl methyl sites for hydroxylation is 2. The molecule has 270 valence electrons. The van der Waals surface area contributed by atoms with E-state index < -0.39 is 6.04 Å². The minimum atomic E-state index is -0.521. The Morgan fingerprint density at radius 3 is 1.88 bits per heavy atom. The third-order valence-corrected chi connectivity index (χ3v) is 9.11. The Labute approximate surface area is 297 Å². The number of ether oxygens (including phenoxy) is 6. The molecule has 0 radical (unpaired) electrons. The van der Waals surface area contributed by atoms with Gasteiger partial charge in [0, 0.05) is 34.1 Å². The fraction of sp³-hybridized carbons (Fsp3) is 0.588. The van der Waals surface area contributed by atoms with Gasteiger partial charge in [-0.25, -0.2) is 0 Å². The number of hydrogen-bond donors (Lipinski definition) is 2. The van der Waals surface area contributed by atoms with E-state index in [1.165, 1.54) is 4.88 Å². The SMILES string of the molecule is CNCCOCCOCCOCCOCCOCCOCCNC(=O)CC1N=C(c2ccc(Cl)cc2)c2c(sc(C)c2C)-n2c(C)nnc21. The van der Waals surface area contributed by atoms with Crippen LogP contribution in [0.25, 0.3) is 5.00 Å². The van der Waals surface area contributed by atoms with E-state index >= 15 is 0 Å². The molecule has 4 rings (SSSR count). The quantitative estimate of drug-likeness (QED) is 0.132. The topological polar surface area (TPSA) is 140 Å². The summed E-state index contributed by atoms with van der Waals surface area (Å²) in [6.45, 7) is 13.4. The Bertz CT molecular complexity index is 1470. The summed E-state index contributed by atoms with van der Waals surface area (Å²) in [7, 11) is 1.89. The molecule has 0 spiro atoms. The molecule has 0 saturated heterocycles. The molecule has 1 aromatic carbocycles. The molecule has 1 atom stereocenters. The highest BCUT2D eigenvalue weighted by Crippen LogP contribution is 2.39. The van der Waals surface area contributed by atoms with E-state index in [0.29, 0.717) is 96.7 Å². The number of thiophene rings is 1. The van der Waals surface area contributed by atoms with E-state index in [1.54, 1.807) is 11.3 Å². The number of nitrogens with one attached hydrogen (secondary N) is 2. The minimum Gasteiger partial charge on any atom is -0.378 e. The molecule has 0 bridgehead atoms. The number of nitrogens with zero attached hydrogens (tertiary/aromatic N) is 4. The molecule has 1 aliphatic rings. The highest BCUT2D eigenvalue weighted by atomic mass is 35.5. The van der Waals surface area contributed by atoms with E-state index in [9.17, 15) is 4.79 Å². The van der Waals surface area contributed by atoms with E-state index in [2.05, 4.69) is 34.7 Å². The van der Waals surface area contributed by atoms with Crippen LogP contribution in [0.1, 0.15) is 45.7 Å². The Hall–Kier alpha value is -2.79. The Balaban J connectivity index is 1.10. The largest absolute Gasteiger partial charge is 0.378 e. The number of rotatable bonds is 24. The van der Waals surface area contributed by atoms with Crippen molar-refractivity contribution < 1.29 is 33.2 Å². The maximum atomic E-state index is 13.1. The molecule has 0 fully saturated rings. The summed E-state index contributed by atoms with van der Waals surface area (Å²) in [4.78, 5) is 19.4. The van der Waals surface area contributed by atoms with Crippen molar-refractivity contribution in [2.45, 2.75) is 33.2 Å². The van der Waals surface area contributed by atoms with Crippen LogP contribution < -0.4 is 10.6 Å². The van der Waals surface area contributed by atoms with Gasteiger partial charge in [0.2, 0.25) is 5.91 Å². The van der Waals surface area contributed by atoms with Crippen LogP contribution in [0.5, 0.6) is 0 Å². The van der Waals surface area contributed by atoms with Crippen molar-refractivity contribution in [3.8, 4) is 5.00 Å². The summed E-state index contributed by atoms with van der Waals surface area (Å²) >= 11 is 7.88. The average molecular weight is 721 g/mol. The van der Waals surface area contributed by atoms with Crippen molar-refractivity contribution in [3.63, 3.8) is 0 Å². The number of hydrogen-bond acceptors (Lipinski definition) is 12. The number of benzene rings is 1. The van der Waals surface area contributed by atoms with Crippen LogP contribution in [-0.2, 0) is 33.2 Å². The van der Waals surface area contributed by atoms with Crippen LogP contribution in [-0.4, -0.2) is 126 Å². The van der Waals surface area contributed by atoms with Crippen LogP contribution in [0.15, 0.2) is 29.3 Å². The van der Waals surface area contributed by atoms with Gasteiger partial charge in [-0.15, -0.1) is 21.5 Å². The highest BCUT2D eigenvalue weighted by molar-refractivity contribution is 7.15. The summed E-state index contributed by atoms with van der Waals surface area (Å²) < 4.78 is 35.0. The zero-order chi connectivity index (χ0) is 34.8. The second kappa shape index (κ2) is 21.4. The average Bonchev–Trinajstić information content (AvgIpc) is 3.57. The summed E-state index contributed by atoms with van der Waals surface area (Å²) in [6.07, 6.45) is 0.122. The highest BCUT2D eigenvalue weighted by Gasteiger charge is 2.32. The van der Waals surface area contributed by atoms with Gasteiger partial charge in [0.05, 0.1) is 91.4 Å². The van der Waals surface area contributed by atoms with Gasteiger partial charge in [-0.1, -0.05) is 23.7 Å². The summed E-state index contributed by atoms with van der Waals surface area (Å²) in [6, 6.07) is 7.11. The molecule has 1 amide bonds. The molecule has 3 heterocycles. The number of amides is 1. The van der Waals surface area contributed by atoms with E-state index in [0.717, 1.165) is 39.8 Å². The Morgan fingerprint density at radius 2 is 1.33 bits per heavy atom. The lowest BCUT2D eigenvalue weighted by Gasteiger charge is -2.13. The molecule has 0 saturated carbocycles. The molecular weight excluding hydrogens is 672 g/mol. The van der Waals surface area contributed by atoms with Gasteiger partial charge in [0.1, 0.15) is 16.9 Å². The van der Waals surface area contributed by atoms with Crippen molar-refractivity contribution in [2.75, 3.05) is 99.4 Å². The van der Waals surface area contributed by atoms with E-state index in [1.807, 2.05) is 42.8 Å². The van der Waals surface area contributed by atoms with Crippen LogP contribution >= 0.6 is 22.9 Å². The predicted octanol–water partition coefficient (Wildman–Crippen LogP) is 3.62. The molecule has 3 aromatic rings. The predicted molar refractivity (Wildman–Crippen MR) is 190 cm³/mol. The third-order valence-electron chi connectivity index (χ3n) is 7.66. The van der Waals surface area contributed by atoms with Gasteiger partial charge >= 0.3 is 0 Å². The fourth-order valence-corrected chi connectivity index (χ4v) is 6.36. The first-order valence-corrected chi connectivity index (χ1v) is 17.8. The van der Waals surface area contributed by atoms with Crippen molar-refractivity contribution in [1.82, 2.24) is 25.4 Å². The van der Waals surface area contributed by atoms with E-state index in [4.69, 9.17) is 45.0 Å². The maximum absolute atomic E-state index is 13.1. The fourth-order valence-electron chi connectivity index (χ4n) is 5.02. The van der Waals surface area contributed by atoms with Crippen LogP contribution in [0, 0.1) is 20.8 Å². The molecule has 0 aliphatic carbocycles. The number of carbonyl (C=O) groups excluding carboxylic acids is 1. The molecule has 13 nitrogen and oxygen atoms in total. The summed E-state index contributed by atoms with van der Waals surface area (Å²) in [5.41, 5.74) is 3.92. The third kappa shape index (κ3) is 12.2. The van der Waals surface area contributed by atoms with Gasteiger partial charge < -0.3 is 39.1 Å². The Morgan fingerprint density at radius 1 is 0.796 bits per heavy atom.